The van der Waals surface area contributed by atoms with Gasteiger partial charge in [-0.05, 0) is 39.3 Å². The van der Waals surface area contributed by atoms with Gasteiger partial charge in [-0.1, -0.05) is 6.92 Å². The van der Waals surface area contributed by atoms with Crippen molar-refractivity contribution in [3.63, 3.8) is 0 Å². The molecule has 18 heavy (non-hydrogen) atoms. The summed E-state index contributed by atoms with van der Waals surface area (Å²) in [6.07, 6.45) is 6.37. The van der Waals surface area contributed by atoms with Gasteiger partial charge in [0.25, 0.3) is 0 Å². The lowest BCUT2D eigenvalue weighted by Crippen LogP contribution is -2.16. The number of ether oxygens (including phenoxy) is 1. The Morgan fingerprint density at radius 2 is 2.33 bits per heavy atom. The van der Waals surface area contributed by atoms with Crippen molar-refractivity contribution in [3.8, 4) is 0 Å². The molecule has 102 valence electrons. The van der Waals surface area contributed by atoms with E-state index in [0.29, 0.717) is 5.92 Å². The van der Waals surface area contributed by atoms with E-state index < -0.39 is 0 Å². The number of rotatable bonds is 7. The van der Waals surface area contributed by atoms with Crippen LogP contribution in [0.25, 0.3) is 0 Å². The quantitative estimate of drug-likeness (QED) is 0.757. The molecule has 1 saturated heterocycles. The zero-order valence-electron chi connectivity index (χ0n) is 11.4. The lowest BCUT2D eigenvalue weighted by molar-refractivity contribution is 0.115. The largest absolute Gasteiger partial charge is 0.445 e. The van der Waals surface area contributed by atoms with E-state index in [-0.39, 0.29) is 6.10 Å². The number of oxazole rings is 1. The van der Waals surface area contributed by atoms with Crippen LogP contribution in [0.15, 0.2) is 10.6 Å². The highest BCUT2D eigenvalue weighted by atomic mass is 16.5. The molecular formula is C14H24N2O2. The van der Waals surface area contributed by atoms with E-state index in [2.05, 4.69) is 24.1 Å². The number of aryl methyl sites for hydroxylation is 1. The first kappa shape index (κ1) is 13.6. The van der Waals surface area contributed by atoms with Gasteiger partial charge >= 0.3 is 0 Å². The van der Waals surface area contributed by atoms with Crippen molar-refractivity contribution in [1.29, 1.82) is 0 Å². The van der Waals surface area contributed by atoms with Crippen molar-refractivity contribution in [3.05, 3.63) is 17.8 Å². The maximum absolute atomic E-state index is 5.83. The van der Waals surface area contributed by atoms with Gasteiger partial charge < -0.3 is 14.5 Å². The molecule has 0 amide bonds. The van der Waals surface area contributed by atoms with Gasteiger partial charge in [-0.25, -0.2) is 4.98 Å². The van der Waals surface area contributed by atoms with Crippen LogP contribution in [0, 0.1) is 0 Å². The molecule has 0 bridgehead atoms. The average Bonchev–Trinajstić information content (AvgIpc) is 2.97. The van der Waals surface area contributed by atoms with Crippen molar-refractivity contribution in [2.45, 2.75) is 51.6 Å². The fourth-order valence-electron chi connectivity index (χ4n) is 2.38. The van der Waals surface area contributed by atoms with Gasteiger partial charge in [-0.2, -0.15) is 0 Å². The second-order valence-electron chi connectivity index (χ2n) is 4.98. The lowest BCUT2D eigenvalue weighted by Gasteiger charge is -2.09. The minimum atomic E-state index is 0.261. The predicted molar refractivity (Wildman–Crippen MR) is 70.8 cm³/mol. The Labute approximate surface area is 109 Å². The summed E-state index contributed by atoms with van der Waals surface area (Å²) >= 11 is 0. The third-order valence-electron chi connectivity index (χ3n) is 3.48. The minimum absolute atomic E-state index is 0.261. The van der Waals surface area contributed by atoms with Crippen molar-refractivity contribution < 1.29 is 9.15 Å². The van der Waals surface area contributed by atoms with Gasteiger partial charge in [-0.3, -0.25) is 0 Å². The molecular weight excluding hydrogens is 228 g/mol. The van der Waals surface area contributed by atoms with Gasteiger partial charge in [0.05, 0.1) is 12.3 Å². The molecule has 2 rings (SSSR count). The summed E-state index contributed by atoms with van der Waals surface area (Å²) in [4.78, 5) is 4.36. The molecule has 0 saturated carbocycles. The van der Waals surface area contributed by atoms with Gasteiger partial charge in [-0.15, -0.1) is 0 Å². The zero-order valence-corrected chi connectivity index (χ0v) is 11.4. The number of hydrogen-bond acceptors (Lipinski definition) is 4. The number of hydrogen-bond donors (Lipinski definition) is 1. The van der Waals surface area contributed by atoms with Gasteiger partial charge in [0.15, 0.2) is 5.89 Å². The fraction of sp³-hybridized carbons (Fsp3) is 0.786. The lowest BCUT2D eigenvalue weighted by atomic mass is 10.0. The van der Waals surface area contributed by atoms with Crippen LogP contribution < -0.4 is 5.32 Å². The number of nitrogens with one attached hydrogen (secondary N) is 1. The minimum Gasteiger partial charge on any atom is -0.445 e. The van der Waals surface area contributed by atoms with E-state index in [4.69, 9.17) is 9.15 Å². The van der Waals surface area contributed by atoms with Gasteiger partial charge in [0, 0.05) is 18.9 Å². The standard InChI is InChI=1S/C14H24N2O2/c1-3-7-15-8-4-5-14-16-10-13(18-14)12-6-9-17-11(12)2/h10-12,15H,3-9H2,1-2H3. The average molecular weight is 252 g/mol. The predicted octanol–water partition coefficient (Wildman–Crippen LogP) is 2.50. The highest BCUT2D eigenvalue weighted by Gasteiger charge is 2.28. The van der Waals surface area contributed by atoms with Gasteiger partial charge in [0.1, 0.15) is 5.76 Å². The Hall–Kier alpha value is -0.870. The Balaban J connectivity index is 1.75. The molecule has 0 aromatic carbocycles. The van der Waals surface area contributed by atoms with Crippen molar-refractivity contribution in [2.24, 2.45) is 0 Å². The van der Waals surface area contributed by atoms with Gasteiger partial charge in [0.2, 0.25) is 0 Å². The van der Waals surface area contributed by atoms with E-state index in [9.17, 15) is 0 Å². The number of nitrogens with zero attached hydrogens (tertiary/aromatic N) is 1. The molecule has 0 spiro atoms. The fourth-order valence-corrected chi connectivity index (χ4v) is 2.38. The van der Waals surface area contributed by atoms with E-state index in [1.165, 1.54) is 6.42 Å². The van der Waals surface area contributed by atoms with E-state index in [1.807, 2.05) is 6.20 Å². The molecule has 1 aromatic rings. The van der Waals surface area contributed by atoms with Crippen molar-refractivity contribution >= 4 is 0 Å². The van der Waals surface area contributed by atoms with Crippen LogP contribution in [-0.2, 0) is 11.2 Å². The topological polar surface area (TPSA) is 47.3 Å². The second kappa shape index (κ2) is 6.90. The van der Waals surface area contributed by atoms with Crippen LogP contribution >= 0.6 is 0 Å². The first-order valence-electron chi connectivity index (χ1n) is 7.08. The third kappa shape index (κ3) is 3.56. The zero-order chi connectivity index (χ0) is 12.8. The maximum atomic E-state index is 5.83. The summed E-state index contributed by atoms with van der Waals surface area (Å²) in [6, 6.07) is 0. The first-order chi connectivity index (χ1) is 8.81. The van der Waals surface area contributed by atoms with Crippen LogP contribution in [-0.4, -0.2) is 30.8 Å². The summed E-state index contributed by atoms with van der Waals surface area (Å²) in [5, 5.41) is 3.38. The molecule has 1 aromatic heterocycles. The summed E-state index contributed by atoms with van der Waals surface area (Å²) in [5.41, 5.74) is 0. The molecule has 4 heteroatoms. The summed E-state index contributed by atoms with van der Waals surface area (Å²) in [7, 11) is 0. The molecule has 1 fully saturated rings. The van der Waals surface area contributed by atoms with Crippen LogP contribution in [0.2, 0.25) is 0 Å². The Kier molecular flexibility index (Phi) is 5.20. The smallest absolute Gasteiger partial charge is 0.194 e. The molecule has 4 nitrogen and oxygen atoms in total. The molecule has 2 heterocycles. The van der Waals surface area contributed by atoms with Crippen LogP contribution in [0.4, 0.5) is 0 Å². The molecule has 2 unspecified atom stereocenters. The highest BCUT2D eigenvalue weighted by Crippen LogP contribution is 2.31. The Morgan fingerprint density at radius 3 is 3.06 bits per heavy atom. The number of aromatic nitrogens is 1. The van der Waals surface area contributed by atoms with Crippen LogP contribution in [0.1, 0.15) is 50.7 Å². The summed E-state index contributed by atoms with van der Waals surface area (Å²) < 4.78 is 11.4. The SMILES string of the molecule is CCCNCCCc1ncc(C2CCOC2C)o1. The van der Waals surface area contributed by atoms with E-state index in [1.54, 1.807) is 0 Å². The van der Waals surface area contributed by atoms with Crippen LogP contribution in [0.3, 0.4) is 0 Å². The molecule has 0 radical (unpaired) electrons. The second-order valence-corrected chi connectivity index (χ2v) is 4.98. The normalized spacial score (nSPS) is 23.7. The van der Waals surface area contributed by atoms with Crippen molar-refractivity contribution in [2.75, 3.05) is 19.7 Å². The third-order valence-corrected chi connectivity index (χ3v) is 3.48. The first-order valence-corrected chi connectivity index (χ1v) is 7.08. The summed E-state index contributed by atoms with van der Waals surface area (Å²) in [6.45, 7) is 7.25. The Bertz CT molecular complexity index is 351. The highest BCUT2D eigenvalue weighted by molar-refractivity contribution is 5.06. The van der Waals surface area contributed by atoms with E-state index in [0.717, 1.165) is 50.6 Å². The van der Waals surface area contributed by atoms with Crippen LogP contribution in [0.5, 0.6) is 0 Å². The monoisotopic (exact) mass is 252 g/mol. The Morgan fingerprint density at radius 1 is 1.44 bits per heavy atom. The van der Waals surface area contributed by atoms with E-state index >= 15 is 0 Å². The molecule has 1 N–H and O–H groups in total. The molecule has 1 aliphatic heterocycles. The molecule has 0 aliphatic carbocycles. The molecule has 1 aliphatic rings. The molecule has 2 atom stereocenters. The summed E-state index contributed by atoms with van der Waals surface area (Å²) in [5.74, 6) is 2.25. The van der Waals surface area contributed by atoms with Crippen molar-refractivity contribution in [1.82, 2.24) is 10.3 Å². The maximum Gasteiger partial charge on any atom is 0.194 e.